The van der Waals surface area contributed by atoms with Crippen molar-refractivity contribution in [3.63, 3.8) is 0 Å². The standard InChI is InChI=1S/C21H24ClNO6S/c1-9-5-10(2)20(25)18(19(9)24)21(26)14-7-16(30(27)28)12(4)17(11(14)3)15-6-13(8-22)29-23-15/h7,9-10,12-13,26H,5-6,8H2,1-4H3. The Bertz CT molecular complexity index is 1050. The molecule has 162 valence electrons. The number of Topliss-reactive ketones (excluding diaryl/α,β-unsaturated/α-hetero) is 2. The Morgan fingerprint density at radius 2 is 1.83 bits per heavy atom. The summed E-state index contributed by atoms with van der Waals surface area (Å²) in [6.07, 6.45) is 1.82. The van der Waals surface area contributed by atoms with Crippen LogP contribution in [0.2, 0.25) is 0 Å². The number of rotatable bonds is 3. The molecule has 1 fully saturated rings. The van der Waals surface area contributed by atoms with Crippen molar-refractivity contribution >= 4 is 44.0 Å². The van der Waals surface area contributed by atoms with Crippen LogP contribution in [0.4, 0.5) is 0 Å². The molecule has 0 saturated heterocycles. The number of halogens is 1. The van der Waals surface area contributed by atoms with Crippen LogP contribution in [0.25, 0.3) is 0 Å². The van der Waals surface area contributed by atoms with Crippen LogP contribution in [0.3, 0.4) is 0 Å². The summed E-state index contributed by atoms with van der Waals surface area (Å²) in [4.78, 5) is 30.7. The van der Waals surface area contributed by atoms with Gasteiger partial charge in [-0.1, -0.05) is 25.9 Å². The molecule has 3 rings (SSSR count). The van der Waals surface area contributed by atoms with Crippen LogP contribution in [0.15, 0.2) is 39.3 Å². The average molecular weight is 454 g/mol. The molecule has 0 aromatic heterocycles. The van der Waals surface area contributed by atoms with Gasteiger partial charge < -0.3 is 9.94 Å². The van der Waals surface area contributed by atoms with Crippen molar-refractivity contribution < 1.29 is 28.0 Å². The first-order chi connectivity index (χ1) is 14.1. The first kappa shape index (κ1) is 22.5. The third-order valence-corrected chi connectivity index (χ3v) is 7.15. The minimum atomic E-state index is -2.57. The SMILES string of the molecule is CC1=C(C2=NOC(CCl)C2)C(C)C(=S(=O)=O)C=C1C(O)=C1C(=O)C(C)CC(C)C1=O. The van der Waals surface area contributed by atoms with Crippen molar-refractivity contribution in [2.75, 3.05) is 5.88 Å². The molecule has 0 aromatic carbocycles. The van der Waals surface area contributed by atoms with Gasteiger partial charge in [-0.2, -0.15) is 8.42 Å². The molecular formula is C21H24ClNO6S. The zero-order valence-corrected chi connectivity index (χ0v) is 18.8. The second-order valence-corrected chi connectivity index (χ2v) is 9.32. The van der Waals surface area contributed by atoms with Crippen LogP contribution >= 0.6 is 11.6 Å². The van der Waals surface area contributed by atoms with Gasteiger partial charge in [-0.3, -0.25) is 9.59 Å². The minimum absolute atomic E-state index is 0.0339. The van der Waals surface area contributed by atoms with E-state index in [1.165, 1.54) is 6.08 Å². The zero-order valence-electron chi connectivity index (χ0n) is 17.2. The highest BCUT2D eigenvalue weighted by atomic mass is 35.5. The van der Waals surface area contributed by atoms with Gasteiger partial charge in [0.1, 0.15) is 17.4 Å². The third-order valence-electron chi connectivity index (χ3n) is 5.95. The fourth-order valence-electron chi connectivity index (χ4n) is 4.29. The molecule has 30 heavy (non-hydrogen) atoms. The molecule has 1 heterocycles. The highest BCUT2D eigenvalue weighted by Gasteiger charge is 2.39. The fraction of sp³-hybridized carbons (Fsp3) is 0.524. The number of nitrogens with zero attached hydrogens (tertiary/aromatic N) is 1. The number of ketones is 2. The van der Waals surface area contributed by atoms with E-state index >= 15 is 0 Å². The smallest absolute Gasteiger partial charge is 0.217 e. The van der Waals surface area contributed by atoms with Gasteiger partial charge in [0.15, 0.2) is 11.6 Å². The van der Waals surface area contributed by atoms with Crippen LogP contribution in [0.1, 0.15) is 40.5 Å². The summed E-state index contributed by atoms with van der Waals surface area (Å²) in [5, 5.41) is 15.1. The van der Waals surface area contributed by atoms with Crippen LogP contribution in [-0.2, 0) is 24.7 Å². The van der Waals surface area contributed by atoms with Crippen molar-refractivity contribution in [1.82, 2.24) is 0 Å². The van der Waals surface area contributed by atoms with E-state index in [1.54, 1.807) is 27.7 Å². The molecule has 9 heteroatoms. The Kier molecular flexibility index (Phi) is 6.38. The van der Waals surface area contributed by atoms with Gasteiger partial charge >= 0.3 is 0 Å². The largest absolute Gasteiger partial charge is 0.506 e. The normalized spacial score (nSPS) is 29.6. The Morgan fingerprint density at radius 1 is 1.23 bits per heavy atom. The summed E-state index contributed by atoms with van der Waals surface area (Å²) >= 11 is 5.85. The van der Waals surface area contributed by atoms with Gasteiger partial charge in [0, 0.05) is 29.7 Å². The Labute approximate surface area is 181 Å². The monoisotopic (exact) mass is 453 g/mol. The first-order valence-electron chi connectivity index (χ1n) is 9.78. The maximum absolute atomic E-state index is 12.7. The molecule has 0 amide bonds. The maximum atomic E-state index is 12.7. The molecule has 7 nitrogen and oxygen atoms in total. The summed E-state index contributed by atoms with van der Waals surface area (Å²) < 4.78 is 23.8. The fourth-order valence-corrected chi connectivity index (χ4v) is 5.08. The lowest BCUT2D eigenvalue weighted by molar-refractivity contribution is -0.129. The van der Waals surface area contributed by atoms with E-state index in [0.29, 0.717) is 29.7 Å². The number of carbonyl (C=O) groups excluding carboxylic acids is 2. The summed E-state index contributed by atoms with van der Waals surface area (Å²) in [6.45, 7) is 6.86. The lowest BCUT2D eigenvalue weighted by Gasteiger charge is -2.28. The summed E-state index contributed by atoms with van der Waals surface area (Å²) in [5.41, 5.74) is 1.55. The van der Waals surface area contributed by atoms with E-state index in [9.17, 15) is 23.1 Å². The summed E-state index contributed by atoms with van der Waals surface area (Å²) in [7, 11) is -2.57. The molecule has 0 spiro atoms. The lowest BCUT2D eigenvalue weighted by atomic mass is 9.75. The predicted octanol–water partition coefficient (Wildman–Crippen LogP) is 2.94. The van der Waals surface area contributed by atoms with Crippen molar-refractivity contribution in [2.24, 2.45) is 22.9 Å². The summed E-state index contributed by atoms with van der Waals surface area (Å²) in [5.74, 6) is -2.46. The second-order valence-electron chi connectivity index (χ2n) is 8.07. The minimum Gasteiger partial charge on any atom is -0.506 e. The number of carbonyl (C=O) groups is 2. The van der Waals surface area contributed by atoms with Crippen LogP contribution in [-0.4, -0.2) is 47.7 Å². The molecule has 1 N–H and O–H groups in total. The van der Waals surface area contributed by atoms with E-state index in [1.807, 2.05) is 0 Å². The van der Waals surface area contributed by atoms with Gasteiger partial charge in [0.2, 0.25) is 10.3 Å². The van der Waals surface area contributed by atoms with Crippen molar-refractivity contribution in [3.05, 3.63) is 34.1 Å². The molecular weight excluding hydrogens is 430 g/mol. The van der Waals surface area contributed by atoms with Gasteiger partial charge in [0.05, 0.1) is 16.5 Å². The molecule has 2 aliphatic carbocycles. The van der Waals surface area contributed by atoms with Crippen LogP contribution in [0, 0.1) is 17.8 Å². The van der Waals surface area contributed by atoms with Crippen molar-refractivity contribution in [2.45, 2.75) is 46.6 Å². The van der Waals surface area contributed by atoms with Gasteiger partial charge in [0.25, 0.3) is 0 Å². The highest BCUT2D eigenvalue weighted by Crippen LogP contribution is 2.38. The molecule has 1 aliphatic heterocycles. The number of allylic oxidation sites excluding steroid dienone is 4. The Balaban J connectivity index is 2.22. The molecule has 3 aliphatic rings. The molecule has 0 radical (unpaired) electrons. The second kappa shape index (κ2) is 8.51. The third kappa shape index (κ3) is 3.78. The molecule has 1 saturated carbocycles. The molecule has 0 bridgehead atoms. The quantitative estimate of drug-likeness (QED) is 0.231. The Hall–Kier alpha value is -2.19. The number of aliphatic hydroxyl groups excluding tert-OH is 1. The highest BCUT2D eigenvalue weighted by molar-refractivity contribution is 7.73. The van der Waals surface area contributed by atoms with Crippen molar-refractivity contribution in [1.29, 1.82) is 0 Å². The molecule has 4 unspecified atom stereocenters. The molecule has 4 atom stereocenters. The van der Waals surface area contributed by atoms with Crippen LogP contribution in [0.5, 0.6) is 0 Å². The van der Waals surface area contributed by atoms with E-state index < -0.39 is 45.4 Å². The van der Waals surface area contributed by atoms with Crippen LogP contribution < -0.4 is 0 Å². The van der Waals surface area contributed by atoms with Gasteiger partial charge in [-0.25, -0.2) is 0 Å². The number of hydrogen-bond donors (Lipinski definition) is 1. The first-order valence-corrected chi connectivity index (χ1v) is 11.4. The average Bonchev–Trinajstić information content (AvgIpc) is 3.15. The predicted molar refractivity (Wildman–Crippen MR) is 114 cm³/mol. The summed E-state index contributed by atoms with van der Waals surface area (Å²) in [6, 6.07) is 0. The van der Waals surface area contributed by atoms with E-state index in [-0.39, 0.29) is 28.0 Å². The Morgan fingerprint density at radius 3 is 2.33 bits per heavy atom. The number of alkyl halides is 1. The topological polar surface area (TPSA) is 110 Å². The van der Waals surface area contributed by atoms with Crippen molar-refractivity contribution in [3.8, 4) is 0 Å². The van der Waals surface area contributed by atoms with Gasteiger partial charge in [-0.05, 0) is 30.6 Å². The number of aliphatic hydroxyl groups is 1. The lowest BCUT2D eigenvalue weighted by Crippen LogP contribution is -2.34. The molecule has 0 aromatic rings. The maximum Gasteiger partial charge on any atom is 0.217 e. The number of oxime groups is 1. The zero-order chi connectivity index (χ0) is 22.3. The van der Waals surface area contributed by atoms with Gasteiger partial charge in [-0.15, -0.1) is 11.6 Å². The number of hydrogen-bond acceptors (Lipinski definition) is 7. The van der Waals surface area contributed by atoms with E-state index in [4.69, 9.17) is 16.4 Å². The van der Waals surface area contributed by atoms with E-state index in [2.05, 4.69) is 5.16 Å². The van der Waals surface area contributed by atoms with E-state index in [0.717, 1.165) is 0 Å².